The van der Waals surface area contributed by atoms with Crippen LogP contribution in [0, 0.1) is 12.8 Å². The average Bonchev–Trinajstić information content (AvgIpc) is 2.35. The molecule has 0 bridgehead atoms. The predicted octanol–water partition coefficient (Wildman–Crippen LogP) is 2.79. The first-order chi connectivity index (χ1) is 8.49. The van der Waals surface area contributed by atoms with Crippen LogP contribution in [-0.4, -0.2) is 34.4 Å². The molecule has 1 amide bonds. The number of hydrogen-bond acceptors (Lipinski definition) is 2. The number of rotatable bonds is 1. The lowest BCUT2D eigenvalue weighted by Gasteiger charge is -2.34. The Kier molecular flexibility index (Phi) is 3.81. The van der Waals surface area contributed by atoms with Crippen LogP contribution in [0.5, 0.6) is 5.75 Å². The molecule has 0 aromatic heterocycles. The molecule has 2 unspecified atom stereocenters. The molecule has 4 heteroatoms. The Morgan fingerprint density at radius 2 is 2.22 bits per heavy atom. The minimum atomic E-state index is -0.131. The van der Waals surface area contributed by atoms with Crippen LogP contribution in [0.25, 0.3) is 0 Å². The van der Waals surface area contributed by atoms with Crippen LogP contribution in [0.2, 0.25) is 0 Å². The molecular weight excluding hydrogens is 250 g/mol. The number of alkyl halides is 1. The molecule has 1 N–H and O–H groups in total. The second-order valence-electron chi connectivity index (χ2n) is 5.05. The summed E-state index contributed by atoms with van der Waals surface area (Å²) in [6.07, 6.45) is 0.909. The second kappa shape index (κ2) is 5.19. The van der Waals surface area contributed by atoms with Gasteiger partial charge in [-0.1, -0.05) is 18.6 Å². The first kappa shape index (κ1) is 13.2. The van der Waals surface area contributed by atoms with Gasteiger partial charge in [0.1, 0.15) is 5.75 Å². The summed E-state index contributed by atoms with van der Waals surface area (Å²) in [5.74, 6) is 0.339. The Bertz CT molecular complexity index is 461. The van der Waals surface area contributed by atoms with E-state index in [1.165, 1.54) is 0 Å². The minimum absolute atomic E-state index is 0.00495. The molecule has 98 valence electrons. The van der Waals surface area contributed by atoms with Gasteiger partial charge < -0.3 is 10.0 Å². The van der Waals surface area contributed by atoms with Gasteiger partial charge in [-0.3, -0.25) is 4.79 Å². The summed E-state index contributed by atoms with van der Waals surface area (Å²) in [6.45, 7) is 5.26. The number of phenolic OH excluding ortho intramolecular Hbond substituents is 1. The summed E-state index contributed by atoms with van der Waals surface area (Å²) >= 11 is 6.21. The fourth-order valence-corrected chi connectivity index (χ4v) is 2.49. The molecule has 3 nitrogen and oxygen atoms in total. The topological polar surface area (TPSA) is 40.5 Å². The molecule has 18 heavy (non-hydrogen) atoms. The van der Waals surface area contributed by atoms with Gasteiger partial charge in [-0.15, -0.1) is 11.6 Å². The van der Waals surface area contributed by atoms with Crippen molar-refractivity contribution in [2.24, 2.45) is 5.92 Å². The lowest BCUT2D eigenvalue weighted by molar-refractivity contribution is 0.0698. The number of benzene rings is 1. The highest BCUT2D eigenvalue weighted by Crippen LogP contribution is 2.26. The van der Waals surface area contributed by atoms with Crippen LogP contribution in [-0.2, 0) is 0 Å². The molecule has 1 aromatic rings. The molecule has 0 spiro atoms. The standard InChI is InChI=1S/C14H18ClNO2/c1-9-3-4-13(17)11(7-9)14(18)16-6-5-10(2)12(15)8-16/h3-4,7,10,12,17H,5-6,8H2,1-2H3. The van der Waals surface area contributed by atoms with Crippen LogP contribution in [0.4, 0.5) is 0 Å². The molecule has 1 aliphatic rings. The molecule has 0 aliphatic carbocycles. The van der Waals surface area contributed by atoms with Gasteiger partial charge in [0.2, 0.25) is 0 Å². The number of aromatic hydroxyl groups is 1. The Morgan fingerprint density at radius 3 is 2.89 bits per heavy atom. The van der Waals surface area contributed by atoms with E-state index in [1.54, 1.807) is 23.1 Å². The van der Waals surface area contributed by atoms with Gasteiger partial charge in [0.05, 0.1) is 10.9 Å². The Balaban J connectivity index is 2.19. The quantitative estimate of drug-likeness (QED) is 0.795. The van der Waals surface area contributed by atoms with E-state index in [0.717, 1.165) is 12.0 Å². The first-order valence-electron chi connectivity index (χ1n) is 6.22. The highest BCUT2D eigenvalue weighted by atomic mass is 35.5. The Hall–Kier alpha value is -1.22. The Morgan fingerprint density at radius 1 is 1.50 bits per heavy atom. The van der Waals surface area contributed by atoms with Gasteiger partial charge in [0, 0.05) is 13.1 Å². The molecule has 2 rings (SSSR count). The summed E-state index contributed by atoms with van der Waals surface area (Å²) in [5, 5.41) is 9.77. The fraction of sp³-hybridized carbons (Fsp3) is 0.500. The zero-order valence-electron chi connectivity index (χ0n) is 10.7. The summed E-state index contributed by atoms with van der Waals surface area (Å²) < 4.78 is 0. The molecule has 1 fully saturated rings. The van der Waals surface area contributed by atoms with Crippen molar-refractivity contribution in [3.63, 3.8) is 0 Å². The molecule has 1 aliphatic heterocycles. The van der Waals surface area contributed by atoms with Gasteiger partial charge >= 0.3 is 0 Å². The second-order valence-corrected chi connectivity index (χ2v) is 5.61. The SMILES string of the molecule is Cc1ccc(O)c(C(=O)N2CCC(C)C(Cl)C2)c1. The highest BCUT2D eigenvalue weighted by Gasteiger charge is 2.28. The normalized spacial score (nSPS) is 24.1. The third-order valence-corrected chi connectivity index (χ3v) is 4.10. The van der Waals surface area contributed by atoms with Crippen molar-refractivity contribution in [1.29, 1.82) is 0 Å². The van der Waals surface area contributed by atoms with Crippen molar-refractivity contribution in [3.8, 4) is 5.75 Å². The van der Waals surface area contributed by atoms with Crippen LogP contribution in [0.1, 0.15) is 29.3 Å². The number of aryl methyl sites for hydroxylation is 1. The summed E-state index contributed by atoms with van der Waals surface area (Å²) in [5.41, 5.74) is 1.33. The van der Waals surface area contributed by atoms with Crippen molar-refractivity contribution in [2.75, 3.05) is 13.1 Å². The van der Waals surface area contributed by atoms with E-state index in [-0.39, 0.29) is 17.0 Å². The van der Waals surface area contributed by atoms with E-state index in [1.807, 2.05) is 6.92 Å². The number of amides is 1. The minimum Gasteiger partial charge on any atom is -0.507 e. The lowest BCUT2D eigenvalue weighted by atomic mass is 9.97. The number of hydrogen-bond donors (Lipinski definition) is 1. The third kappa shape index (κ3) is 2.61. The number of carbonyl (C=O) groups excluding carboxylic acids is 1. The molecular formula is C14H18ClNO2. The number of piperidine rings is 1. The zero-order valence-corrected chi connectivity index (χ0v) is 11.4. The molecule has 1 saturated heterocycles. The van der Waals surface area contributed by atoms with Gasteiger partial charge in [-0.05, 0) is 31.4 Å². The summed E-state index contributed by atoms with van der Waals surface area (Å²) in [4.78, 5) is 14.1. The van der Waals surface area contributed by atoms with E-state index >= 15 is 0 Å². The van der Waals surface area contributed by atoms with E-state index in [9.17, 15) is 9.90 Å². The third-order valence-electron chi connectivity index (χ3n) is 3.54. The summed E-state index contributed by atoms with van der Waals surface area (Å²) in [6, 6.07) is 5.07. The van der Waals surface area contributed by atoms with Crippen LogP contribution in [0.15, 0.2) is 18.2 Å². The molecule has 0 radical (unpaired) electrons. The molecule has 1 aromatic carbocycles. The molecule has 0 saturated carbocycles. The number of nitrogens with zero attached hydrogens (tertiary/aromatic N) is 1. The molecule has 1 heterocycles. The van der Waals surface area contributed by atoms with Gasteiger partial charge in [-0.2, -0.15) is 0 Å². The van der Waals surface area contributed by atoms with Crippen molar-refractivity contribution in [3.05, 3.63) is 29.3 Å². The maximum atomic E-state index is 12.3. The number of halogens is 1. The van der Waals surface area contributed by atoms with Crippen molar-refractivity contribution >= 4 is 17.5 Å². The largest absolute Gasteiger partial charge is 0.507 e. The zero-order chi connectivity index (χ0) is 13.3. The van der Waals surface area contributed by atoms with E-state index in [2.05, 4.69) is 6.92 Å². The first-order valence-corrected chi connectivity index (χ1v) is 6.65. The smallest absolute Gasteiger partial charge is 0.257 e. The Labute approximate surface area is 112 Å². The predicted molar refractivity (Wildman–Crippen MR) is 72.2 cm³/mol. The van der Waals surface area contributed by atoms with Crippen LogP contribution >= 0.6 is 11.6 Å². The van der Waals surface area contributed by atoms with Gasteiger partial charge in [0.25, 0.3) is 5.91 Å². The lowest BCUT2D eigenvalue weighted by Crippen LogP contribution is -2.43. The van der Waals surface area contributed by atoms with Crippen LogP contribution < -0.4 is 0 Å². The van der Waals surface area contributed by atoms with Crippen LogP contribution in [0.3, 0.4) is 0 Å². The molecule has 2 atom stereocenters. The van der Waals surface area contributed by atoms with Gasteiger partial charge in [0.15, 0.2) is 0 Å². The van der Waals surface area contributed by atoms with Crippen molar-refractivity contribution in [2.45, 2.75) is 25.6 Å². The van der Waals surface area contributed by atoms with Crippen molar-refractivity contribution in [1.82, 2.24) is 4.90 Å². The number of likely N-dealkylation sites (tertiary alicyclic amines) is 1. The summed E-state index contributed by atoms with van der Waals surface area (Å²) in [7, 11) is 0. The van der Waals surface area contributed by atoms with Gasteiger partial charge in [-0.25, -0.2) is 0 Å². The van der Waals surface area contributed by atoms with E-state index in [4.69, 9.17) is 11.6 Å². The maximum absolute atomic E-state index is 12.3. The van der Waals surface area contributed by atoms with E-state index < -0.39 is 0 Å². The van der Waals surface area contributed by atoms with E-state index in [0.29, 0.717) is 24.6 Å². The monoisotopic (exact) mass is 267 g/mol. The maximum Gasteiger partial charge on any atom is 0.257 e. The fourth-order valence-electron chi connectivity index (χ4n) is 2.20. The highest BCUT2D eigenvalue weighted by molar-refractivity contribution is 6.21. The number of carbonyl (C=O) groups is 1. The van der Waals surface area contributed by atoms with Crippen molar-refractivity contribution < 1.29 is 9.90 Å². The average molecular weight is 268 g/mol. The number of phenols is 1.